The van der Waals surface area contributed by atoms with Gasteiger partial charge in [0.1, 0.15) is 0 Å². The molecule has 1 aromatic rings. The van der Waals surface area contributed by atoms with Crippen LogP contribution in [0.25, 0.3) is 0 Å². The molecule has 120 valence electrons. The maximum Gasteiger partial charge on any atom is 0.288 e. The van der Waals surface area contributed by atoms with Crippen molar-refractivity contribution in [3.63, 3.8) is 0 Å². The topological polar surface area (TPSA) is 62.6 Å². The first-order valence-electron chi connectivity index (χ1n) is 7.20. The number of aromatic nitrogens is 2. The highest BCUT2D eigenvalue weighted by molar-refractivity contribution is 6.29. The fraction of sp³-hybridized carbons (Fsp3) is 0.714. The number of nitrogens with zero attached hydrogens (tertiary/aromatic N) is 2. The van der Waals surface area contributed by atoms with E-state index in [9.17, 15) is 4.79 Å². The van der Waals surface area contributed by atoms with Gasteiger partial charge in [-0.25, -0.2) is 4.98 Å². The number of hydrogen-bond acceptors (Lipinski definition) is 5. The SMILES string of the molecule is CCCCOCCOCCOCCn1ccnc(Cl)c1=O. The highest BCUT2D eigenvalue weighted by Gasteiger charge is 2.00. The Balaban J connectivity index is 1.95. The van der Waals surface area contributed by atoms with E-state index in [1.54, 1.807) is 6.20 Å². The van der Waals surface area contributed by atoms with Crippen molar-refractivity contribution in [2.45, 2.75) is 26.3 Å². The smallest absolute Gasteiger partial charge is 0.288 e. The summed E-state index contributed by atoms with van der Waals surface area (Å²) in [4.78, 5) is 15.3. The molecule has 0 amide bonds. The van der Waals surface area contributed by atoms with Crippen molar-refractivity contribution in [1.82, 2.24) is 9.55 Å². The van der Waals surface area contributed by atoms with E-state index in [4.69, 9.17) is 25.8 Å². The molecule has 0 unspecified atom stereocenters. The molecule has 6 nitrogen and oxygen atoms in total. The van der Waals surface area contributed by atoms with Gasteiger partial charge in [0.25, 0.3) is 5.56 Å². The molecule has 0 aromatic carbocycles. The van der Waals surface area contributed by atoms with Crippen molar-refractivity contribution in [2.75, 3.05) is 39.6 Å². The highest BCUT2D eigenvalue weighted by atomic mass is 35.5. The summed E-state index contributed by atoms with van der Waals surface area (Å²) in [7, 11) is 0. The second-order valence-corrected chi connectivity index (χ2v) is 4.77. The van der Waals surface area contributed by atoms with Crippen molar-refractivity contribution in [1.29, 1.82) is 0 Å². The van der Waals surface area contributed by atoms with E-state index in [0.29, 0.717) is 39.6 Å². The molecular formula is C14H23ClN2O4. The number of unbranched alkanes of at least 4 members (excludes halogenated alkanes) is 1. The molecule has 0 bridgehead atoms. The lowest BCUT2D eigenvalue weighted by Crippen LogP contribution is -2.23. The lowest BCUT2D eigenvalue weighted by molar-refractivity contribution is 0.0126. The van der Waals surface area contributed by atoms with Crippen LogP contribution in [0.1, 0.15) is 19.8 Å². The minimum Gasteiger partial charge on any atom is -0.379 e. The first-order valence-corrected chi connectivity index (χ1v) is 7.57. The van der Waals surface area contributed by atoms with Crippen LogP contribution in [-0.2, 0) is 20.8 Å². The predicted molar refractivity (Wildman–Crippen MR) is 80.9 cm³/mol. The Labute approximate surface area is 130 Å². The lowest BCUT2D eigenvalue weighted by atomic mass is 10.4. The molecule has 1 rings (SSSR count). The Bertz CT molecular complexity index is 439. The third kappa shape index (κ3) is 8.16. The summed E-state index contributed by atoms with van der Waals surface area (Å²) in [5.74, 6) is 0. The van der Waals surface area contributed by atoms with E-state index in [0.717, 1.165) is 19.4 Å². The van der Waals surface area contributed by atoms with Crippen molar-refractivity contribution in [3.8, 4) is 0 Å². The molecule has 0 atom stereocenters. The van der Waals surface area contributed by atoms with Crippen LogP contribution in [0.4, 0.5) is 0 Å². The first kappa shape index (κ1) is 18.1. The molecule has 0 fully saturated rings. The van der Waals surface area contributed by atoms with Gasteiger partial charge in [-0.1, -0.05) is 24.9 Å². The second kappa shape index (κ2) is 11.7. The lowest BCUT2D eigenvalue weighted by Gasteiger charge is -2.08. The summed E-state index contributed by atoms with van der Waals surface area (Å²) in [6.45, 7) is 5.99. The minimum atomic E-state index is -0.303. The Hall–Kier alpha value is -0.950. The maximum absolute atomic E-state index is 11.6. The van der Waals surface area contributed by atoms with Gasteiger partial charge in [-0.15, -0.1) is 0 Å². The summed E-state index contributed by atoms with van der Waals surface area (Å²) < 4.78 is 17.6. The van der Waals surface area contributed by atoms with E-state index in [1.165, 1.54) is 10.8 Å². The van der Waals surface area contributed by atoms with Crippen LogP contribution in [0.5, 0.6) is 0 Å². The van der Waals surface area contributed by atoms with Crippen molar-refractivity contribution >= 4 is 11.6 Å². The summed E-state index contributed by atoms with van der Waals surface area (Å²) in [6.07, 6.45) is 5.30. The zero-order valence-electron chi connectivity index (χ0n) is 12.4. The molecule has 0 saturated heterocycles. The molecule has 1 aromatic heterocycles. The second-order valence-electron chi connectivity index (χ2n) is 4.41. The molecule has 0 radical (unpaired) electrons. The van der Waals surface area contributed by atoms with E-state index in [1.807, 2.05) is 0 Å². The molecular weight excluding hydrogens is 296 g/mol. The Kier molecular flexibility index (Phi) is 10.1. The zero-order valence-corrected chi connectivity index (χ0v) is 13.2. The minimum absolute atomic E-state index is 0.0242. The van der Waals surface area contributed by atoms with Crippen molar-refractivity contribution < 1.29 is 14.2 Å². The summed E-state index contributed by atoms with van der Waals surface area (Å²) in [6, 6.07) is 0. The highest BCUT2D eigenvalue weighted by Crippen LogP contribution is 1.93. The Morgan fingerprint density at radius 3 is 2.38 bits per heavy atom. The summed E-state index contributed by atoms with van der Waals surface area (Å²) in [5, 5.41) is -0.0242. The predicted octanol–water partition coefficient (Wildman–Crippen LogP) is 1.75. The van der Waals surface area contributed by atoms with Crippen LogP contribution in [0, 0.1) is 0 Å². The molecule has 0 N–H and O–H groups in total. The number of hydrogen-bond donors (Lipinski definition) is 0. The number of rotatable bonds is 12. The Morgan fingerprint density at radius 2 is 1.71 bits per heavy atom. The third-order valence-corrected chi connectivity index (χ3v) is 2.99. The van der Waals surface area contributed by atoms with Crippen LogP contribution in [0.2, 0.25) is 5.15 Å². The summed E-state index contributed by atoms with van der Waals surface area (Å²) in [5.41, 5.74) is -0.303. The quantitative estimate of drug-likeness (QED) is 0.549. The van der Waals surface area contributed by atoms with Gasteiger partial charge in [0.2, 0.25) is 0 Å². The van der Waals surface area contributed by atoms with Crippen LogP contribution in [-0.4, -0.2) is 49.2 Å². The van der Waals surface area contributed by atoms with Crippen LogP contribution in [0.3, 0.4) is 0 Å². The van der Waals surface area contributed by atoms with E-state index in [2.05, 4.69) is 11.9 Å². The maximum atomic E-state index is 11.6. The fourth-order valence-electron chi connectivity index (χ4n) is 1.55. The summed E-state index contributed by atoms with van der Waals surface area (Å²) >= 11 is 5.64. The van der Waals surface area contributed by atoms with Gasteiger partial charge in [-0.3, -0.25) is 4.79 Å². The van der Waals surface area contributed by atoms with Gasteiger partial charge < -0.3 is 18.8 Å². The average molecular weight is 319 g/mol. The van der Waals surface area contributed by atoms with Gasteiger partial charge in [0.05, 0.1) is 33.0 Å². The zero-order chi connectivity index (χ0) is 15.3. The van der Waals surface area contributed by atoms with Crippen LogP contribution in [0.15, 0.2) is 17.2 Å². The third-order valence-electron chi connectivity index (χ3n) is 2.73. The molecule has 1 heterocycles. The van der Waals surface area contributed by atoms with Gasteiger partial charge in [-0.05, 0) is 6.42 Å². The van der Waals surface area contributed by atoms with Gasteiger partial charge in [0.15, 0.2) is 5.15 Å². The molecule has 0 spiro atoms. The van der Waals surface area contributed by atoms with Crippen molar-refractivity contribution in [3.05, 3.63) is 27.9 Å². The number of halogens is 1. The standard InChI is InChI=1S/C14H23ClN2O4/c1-2-3-7-19-9-11-21-12-10-20-8-6-17-5-4-16-13(15)14(17)18/h4-5H,2-3,6-12H2,1H3. The van der Waals surface area contributed by atoms with Gasteiger partial charge >= 0.3 is 0 Å². The van der Waals surface area contributed by atoms with Gasteiger partial charge in [0, 0.05) is 25.5 Å². The molecule has 0 aliphatic rings. The van der Waals surface area contributed by atoms with Crippen LogP contribution >= 0.6 is 11.6 Å². The molecule has 0 aliphatic carbocycles. The molecule has 21 heavy (non-hydrogen) atoms. The van der Waals surface area contributed by atoms with Crippen molar-refractivity contribution in [2.24, 2.45) is 0 Å². The molecule has 0 aliphatic heterocycles. The van der Waals surface area contributed by atoms with E-state index >= 15 is 0 Å². The molecule has 0 saturated carbocycles. The fourth-order valence-corrected chi connectivity index (χ4v) is 1.71. The normalized spacial score (nSPS) is 11.0. The average Bonchev–Trinajstić information content (AvgIpc) is 2.49. The largest absolute Gasteiger partial charge is 0.379 e. The van der Waals surface area contributed by atoms with E-state index in [-0.39, 0.29) is 10.7 Å². The molecule has 7 heteroatoms. The Morgan fingerprint density at radius 1 is 1.10 bits per heavy atom. The van der Waals surface area contributed by atoms with E-state index < -0.39 is 0 Å². The number of ether oxygens (including phenoxy) is 3. The first-order chi connectivity index (χ1) is 10.3. The van der Waals surface area contributed by atoms with Crippen LogP contribution < -0.4 is 5.56 Å². The van der Waals surface area contributed by atoms with Gasteiger partial charge in [-0.2, -0.15) is 0 Å². The monoisotopic (exact) mass is 318 g/mol.